The van der Waals surface area contributed by atoms with Crippen molar-refractivity contribution in [3.8, 4) is 0 Å². The highest BCUT2D eigenvalue weighted by Gasteiger charge is 2.16. The topological polar surface area (TPSA) is 55.2 Å². The summed E-state index contributed by atoms with van der Waals surface area (Å²) in [7, 11) is 0. The van der Waals surface area contributed by atoms with Gasteiger partial charge in [-0.15, -0.1) is 0 Å². The predicted octanol–water partition coefficient (Wildman–Crippen LogP) is 3.70. The predicted molar refractivity (Wildman–Crippen MR) is 80.8 cm³/mol. The SMILES string of the molecule is CC1CCCC(NCCc2ccccc2[N+](=O)[O-])CC1. The van der Waals surface area contributed by atoms with Gasteiger partial charge in [0.05, 0.1) is 4.92 Å². The lowest BCUT2D eigenvalue weighted by molar-refractivity contribution is -0.385. The van der Waals surface area contributed by atoms with Gasteiger partial charge in [-0.1, -0.05) is 38.0 Å². The van der Waals surface area contributed by atoms with Gasteiger partial charge in [0.2, 0.25) is 0 Å². The Morgan fingerprint density at radius 2 is 2.05 bits per heavy atom. The lowest BCUT2D eigenvalue weighted by Crippen LogP contribution is -2.30. The van der Waals surface area contributed by atoms with E-state index >= 15 is 0 Å². The van der Waals surface area contributed by atoms with E-state index in [4.69, 9.17) is 0 Å². The number of nitrogens with one attached hydrogen (secondary N) is 1. The maximum absolute atomic E-state index is 11.0. The molecule has 4 nitrogen and oxygen atoms in total. The molecule has 1 aliphatic carbocycles. The van der Waals surface area contributed by atoms with Crippen LogP contribution in [0, 0.1) is 16.0 Å². The molecular formula is C16H24N2O2. The minimum Gasteiger partial charge on any atom is -0.314 e. The quantitative estimate of drug-likeness (QED) is 0.507. The molecular weight excluding hydrogens is 252 g/mol. The molecule has 4 heteroatoms. The third-order valence-corrected chi connectivity index (χ3v) is 4.27. The van der Waals surface area contributed by atoms with Gasteiger partial charge in [0.1, 0.15) is 0 Å². The molecule has 1 aliphatic rings. The fourth-order valence-corrected chi connectivity index (χ4v) is 3.00. The molecule has 0 bridgehead atoms. The van der Waals surface area contributed by atoms with Crippen LogP contribution in [0.1, 0.15) is 44.6 Å². The average Bonchev–Trinajstić information content (AvgIpc) is 2.64. The zero-order valence-electron chi connectivity index (χ0n) is 12.2. The van der Waals surface area contributed by atoms with Crippen LogP contribution in [0.4, 0.5) is 5.69 Å². The molecule has 0 aliphatic heterocycles. The summed E-state index contributed by atoms with van der Waals surface area (Å²) >= 11 is 0. The Morgan fingerprint density at radius 1 is 1.25 bits per heavy atom. The maximum atomic E-state index is 11.0. The van der Waals surface area contributed by atoms with Gasteiger partial charge in [-0.3, -0.25) is 10.1 Å². The highest BCUT2D eigenvalue weighted by molar-refractivity contribution is 5.39. The largest absolute Gasteiger partial charge is 0.314 e. The van der Waals surface area contributed by atoms with Crippen LogP contribution in [0.25, 0.3) is 0 Å². The summed E-state index contributed by atoms with van der Waals surface area (Å²) in [4.78, 5) is 10.7. The van der Waals surface area contributed by atoms with Crippen LogP contribution in [-0.4, -0.2) is 17.5 Å². The summed E-state index contributed by atoms with van der Waals surface area (Å²) in [6, 6.07) is 7.62. The van der Waals surface area contributed by atoms with Crippen LogP contribution in [0.3, 0.4) is 0 Å². The Balaban J connectivity index is 1.82. The number of hydrogen-bond acceptors (Lipinski definition) is 3. The Bertz CT molecular complexity index is 448. The van der Waals surface area contributed by atoms with Crippen molar-refractivity contribution in [2.24, 2.45) is 5.92 Å². The molecule has 0 spiro atoms. The molecule has 2 unspecified atom stereocenters. The molecule has 1 aromatic carbocycles. The molecule has 20 heavy (non-hydrogen) atoms. The first-order valence-corrected chi connectivity index (χ1v) is 7.62. The summed E-state index contributed by atoms with van der Waals surface area (Å²) in [5.74, 6) is 0.844. The zero-order chi connectivity index (χ0) is 14.4. The number of benzene rings is 1. The van der Waals surface area contributed by atoms with E-state index < -0.39 is 0 Å². The Hall–Kier alpha value is -1.42. The summed E-state index contributed by atoms with van der Waals surface area (Å²) in [5.41, 5.74) is 1.07. The monoisotopic (exact) mass is 276 g/mol. The Labute approximate surface area is 120 Å². The third-order valence-electron chi connectivity index (χ3n) is 4.27. The van der Waals surface area contributed by atoms with Gasteiger partial charge in [-0.05, 0) is 38.1 Å². The van der Waals surface area contributed by atoms with Gasteiger partial charge in [0, 0.05) is 17.7 Å². The van der Waals surface area contributed by atoms with Crippen molar-refractivity contribution in [3.05, 3.63) is 39.9 Å². The lowest BCUT2D eigenvalue weighted by atomic mass is 10.0. The molecule has 1 aromatic rings. The third kappa shape index (κ3) is 4.30. The normalized spacial score (nSPS) is 23.2. The van der Waals surface area contributed by atoms with Gasteiger partial charge in [0.15, 0.2) is 0 Å². The molecule has 0 aromatic heterocycles. The standard InChI is InChI=1S/C16H24N2O2/c1-13-5-4-7-15(10-9-13)17-12-11-14-6-2-3-8-16(14)18(19)20/h2-3,6,8,13,15,17H,4-5,7,9-12H2,1H3. The van der Waals surface area contributed by atoms with Crippen LogP contribution in [0.5, 0.6) is 0 Å². The second-order valence-corrected chi connectivity index (χ2v) is 5.90. The molecule has 0 radical (unpaired) electrons. The first-order chi connectivity index (χ1) is 9.66. The van der Waals surface area contributed by atoms with Crippen molar-refractivity contribution < 1.29 is 4.92 Å². The van der Waals surface area contributed by atoms with E-state index in [-0.39, 0.29) is 10.6 Å². The molecule has 1 saturated carbocycles. The van der Waals surface area contributed by atoms with Gasteiger partial charge in [-0.2, -0.15) is 0 Å². The van der Waals surface area contributed by atoms with E-state index in [0.29, 0.717) is 6.04 Å². The Kier molecular flexibility index (Phi) is 5.53. The first kappa shape index (κ1) is 15.0. The van der Waals surface area contributed by atoms with E-state index in [0.717, 1.165) is 24.4 Å². The van der Waals surface area contributed by atoms with E-state index in [1.165, 1.54) is 32.1 Å². The number of para-hydroxylation sites is 1. The smallest absolute Gasteiger partial charge is 0.272 e. The molecule has 0 saturated heterocycles. The van der Waals surface area contributed by atoms with Crippen LogP contribution in [-0.2, 0) is 6.42 Å². The summed E-state index contributed by atoms with van der Waals surface area (Å²) < 4.78 is 0. The van der Waals surface area contributed by atoms with Gasteiger partial charge in [0.25, 0.3) is 5.69 Å². The number of nitro groups is 1. The van der Waals surface area contributed by atoms with Crippen LogP contribution >= 0.6 is 0 Å². The van der Waals surface area contributed by atoms with Gasteiger partial charge in [-0.25, -0.2) is 0 Å². The number of nitro benzene ring substituents is 1. The zero-order valence-corrected chi connectivity index (χ0v) is 12.2. The first-order valence-electron chi connectivity index (χ1n) is 7.62. The molecule has 2 rings (SSSR count). The summed E-state index contributed by atoms with van der Waals surface area (Å²) in [6.45, 7) is 3.15. The Morgan fingerprint density at radius 3 is 2.85 bits per heavy atom. The van der Waals surface area contributed by atoms with Crippen molar-refractivity contribution in [2.45, 2.75) is 51.5 Å². The van der Waals surface area contributed by atoms with Crippen LogP contribution < -0.4 is 5.32 Å². The molecule has 2 atom stereocenters. The molecule has 1 fully saturated rings. The highest BCUT2D eigenvalue weighted by atomic mass is 16.6. The van der Waals surface area contributed by atoms with E-state index in [9.17, 15) is 10.1 Å². The van der Waals surface area contributed by atoms with Crippen molar-refractivity contribution in [3.63, 3.8) is 0 Å². The summed E-state index contributed by atoms with van der Waals surface area (Å²) in [6.07, 6.45) is 7.12. The highest BCUT2D eigenvalue weighted by Crippen LogP contribution is 2.23. The number of hydrogen-bond donors (Lipinski definition) is 1. The number of nitrogens with zero attached hydrogens (tertiary/aromatic N) is 1. The van der Waals surface area contributed by atoms with Crippen molar-refractivity contribution >= 4 is 5.69 Å². The van der Waals surface area contributed by atoms with Crippen molar-refractivity contribution in [1.82, 2.24) is 5.32 Å². The summed E-state index contributed by atoms with van der Waals surface area (Å²) in [5, 5.41) is 14.5. The van der Waals surface area contributed by atoms with Crippen molar-refractivity contribution in [2.75, 3.05) is 6.54 Å². The van der Waals surface area contributed by atoms with Gasteiger partial charge < -0.3 is 5.32 Å². The maximum Gasteiger partial charge on any atom is 0.272 e. The van der Waals surface area contributed by atoms with Gasteiger partial charge >= 0.3 is 0 Å². The fourth-order valence-electron chi connectivity index (χ4n) is 3.00. The average molecular weight is 276 g/mol. The van der Waals surface area contributed by atoms with E-state index in [1.807, 2.05) is 12.1 Å². The number of rotatable bonds is 5. The molecule has 0 heterocycles. The van der Waals surface area contributed by atoms with E-state index in [1.54, 1.807) is 12.1 Å². The van der Waals surface area contributed by atoms with E-state index in [2.05, 4.69) is 12.2 Å². The lowest BCUT2D eigenvalue weighted by Gasteiger charge is -2.16. The second-order valence-electron chi connectivity index (χ2n) is 5.90. The fraction of sp³-hybridized carbons (Fsp3) is 0.625. The molecule has 0 amide bonds. The molecule has 1 N–H and O–H groups in total. The molecule has 110 valence electrons. The van der Waals surface area contributed by atoms with Crippen molar-refractivity contribution in [1.29, 1.82) is 0 Å². The van der Waals surface area contributed by atoms with Crippen LogP contribution in [0.15, 0.2) is 24.3 Å². The minimum absolute atomic E-state index is 0.240. The van der Waals surface area contributed by atoms with Crippen LogP contribution in [0.2, 0.25) is 0 Å². The second kappa shape index (κ2) is 7.39. The minimum atomic E-state index is -0.289.